The largest absolute Gasteiger partial charge is 0.462 e. The van der Waals surface area contributed by atoms with Gasteiger partial charge in [-0.2, -0.15) is 0 Å². The highest BCUT2D eigenvalue weighted by molar-refractivity contribution is 5.71. The molecule has 0 spiro atoms. The topological polar surface area (TPSA) is 78.9 Å². The van der Waals surface area contributed by atoms with Crippen LogP contribution in [0.15, 0.2) is 97.2 Å². The summed E-state index contributed by atoms with van der Waals surface area (Å²) in [5.41, 5.74) is 0. The highest BCUT2D eigenvalue weighted by atomic mass is 16.6. The lowest BCUT2D eigenvalue weighted by molar-refractivity contribution is -0.167. The first-order valence-corrected chi connectivity index (χ1v) is 33.7. The maximum atomic E-state index is 12.9. The molecule has 0 amide bonds. The molecule has 1 atom stereocenters. The third-order valence-electron chi connectivity index (χ3n) is 14.6. The predicted octanol–water partition coefficient (Wildman–Crippen LogP) is 23.2. The molecule has 0 radical (unpaired) electrons. The summed E-state index contributed by atoms with van der Waals surface area (Å²) >= 11 is 0. The Kier molecular flexibility index (Phi) is 63.7. The van der Waals surface area contributed by atoms with Gasteiger partial charge >= 0.3 is 17.9 Å². The monoisotopic (exact) mass is 1100 g/mol. The van der Waals surface area contributed by atoms with E-state index in [0.29, 0.717) is 19.3 Å². The molecule has 0 aliphatic carbocycles. The van der Waals surface area contributed by atoms with Gasteiger partial charge < -0.3 is 14.2 Å². The molecule has 6 heteroatoms. The minimum Gasteiger partial charge on any atom is -0.462 e. The maximum Gasteiger partial charge on any atom is 0.306 e. The first kappa shape index (κ1) is 75.3. The van der Waals surface area contributed by atoms with Gasteiger partial charge in [0.05, 0.1) is 0 Å². The average molecular weight is 1100 g/mol. The Hall–Kier alpha value is -3.67. The molecule has 0 fully saturated rings. The van der Waals surface area contributed by atoms with Crippen LogP contribution in [0.2, 0.25) is 0 Å². The minimum atomic E-state index is -0.794. The number of carbonyl (C=O) groups excluding carboxylic acids is 3. The number of ether oxygens (including phenoxy) is 3. The average Bonchev–Trinajstić information content (AvgIpc) is 3.45. The summed E-state index contributed by atoms with van der Waals surface area (Å²) in [6.07, 6.45) is 90.1. The Morgan fingerprint density at radius 2 is 0.494 bits per heavy atom. The van der Waals surface area contributed by atoms with Gasteiger partial charge in [0.1, 0.15) is 13.2 Å². The molecule has 0 aliphatic heterocycles. The van der Waals surface area contributed by atoms with E-state index < -0.39 is 6.10 Å². The van der Waals surface area contributed by atoms with Crippen LogP contribution in [0.3, 0.4) is 0 Å². The molecule has 79 heavy (non-hydrogen) atoms. The third kappa shape index (κ3) is 65.0. The second-order valence-electron chi connectivity index (χ2n) is 22.4. The van der Waals surface area contributed by atoms with Gasteiger partial charge in [0.2, 0.25) is 0 Å². The van der Waals surface area contributed by atoms with Crippen molar-refractivity contribution in [3.8, 4) is 0 Å². The van der Waals surface area contributed by atoms with Gasteiger partial charge in [-0.25, -0.2) is 0 Å². The van der Waals surface area contributed by atoms with Crippen molar-refractivity contribution in [2.24, 2.45) is 0 Å². The second kappa shape index (κ2) is 66.8. The standard InChI is InChI=1S/C73H126O6/c1-4-7-10-13-16-19-22-24-26-28-30-32-34-36-37-38-40-41-43-45-47-49-51-54-57-60-63-66-72(75)78-69-70(68-77-71(74)65-62-59-56-53-21-18-15-12-9-6-3)79-73(76)67-64-61-58-55-52-50-48-46-44-42-39-35-33-31-29-27-25-23-20-17-14-11-8-5-2/h7,10,16,19,24,26,30,32,36-37,40-41,45,47,51,54,70H,4-6,8-9,11-15,17-18,20-23,25,27-29,31,33-35,38-39,42-44,46,48-50,52-53,55-69H2,1-3H3/b10-7-,19-16-,26-24-,32-30-,37-36-,41-40-,47-45-,54-51-. The summed E-state index contributed by atoms with van der Waals surface area (Å²) in [4.78, 5) is 38.3. The second-order valence-corrected chi connectivity index (χ2v) is 22.4. The fraction of sp³-hybridized carbons (Fsp3) is 0.740. The van der Waals surface area contributed by atoms with Crippen molar-refractivity contribution in [2.75, 3.05) is 13.2 Å². The van der Waals surface area contributed by atoms with Gasteiger partial charge in [0, 0.05) is 19.3 Å². The highest BCUT2D eigenvalue weighted by Gasteiger charge is 2.19. The Morgan fingerprint density at radius 3 is 0.772 bits per heavy atom. The minimum absolute atomic E-state index is 0.0876. The Bertz CT molecular complexity index is 1540. The molecule has 454 valence electrons. The molecule has 0 heterocycles. The van der Waals surface area contributed by atoms with E-state index in [2.05, 4.69) is 118 Å². The van der Waals surface area contributed by atoms with Crippen LogP contribution < -0.4 is 0 Å². The first-order valence-electron chi connectivity index (χ1n) is 33.7. The maximum absolute atomic E-state index is 12.9. The van der Waals surface area contributed by atoms with Crippen molar-refractivity contribution in [1.82, 2.24) is 0 Å². The zero-order valence-corrected chi connectivity index (χ0v) is 52.1. The lowest BCUT2D eigenvalue weighted by atomic mass is 10.0. The molecule has 0 N–H and O–H groups in total. The van der Waals surface area contributed by atoms with E-state index >= 15 is 0 Å². The summed E-state index contributed by atoms with van der Waals surface area (Å²) in [5.74, 6) is -0.921. The number of hydrogen-bond donors (Lipinski definition) is 0. The Morgan fingerprint density at radius 1 is 0.266 bits per heavy atom. The van der Waals surface area contributed by atoms with E-state index in [0.717, 1.165) is 109 Å². The van der Waals surface area contributed by atoms with Gasteiger partial charge in [-0.3, -0.25) is 14.4 Å². The number of unbranched alkanes of at least 4 members (excludes halogenated alkanes) is 34. The predicted molar refractivity (Wildman–Crippen MR) is 344 cm³/mol. The van der Waals surface area contributed by atoms with Crippen molar-refractivity contribution < 1.29 is 28.6 Å². The zero-order valence-electron chi connectivity index (χ0n) is 52.1. The molecule has 0 saturated heterocycles. The zero-order chi connectivity index (χ0) is 57.1. The van der Waals surface area contributed by atoms with E-state index in [1.165, 1.54) is 180 Å². The number of esters is 3. The van der Waals surface area contributed by atoms with Crippen LogP contribution in [0, 0.1) is 0 Å². The number of rotatable bonds is 61. The van der Waals surface area contributed by atoms with Crippen molar-refractivity contribution in [3.63, 3.8) is 0 Å². The van der Waals surface area contributed by atoms with Gasteiger partial charge in [-0.05, 0) is 83.5 Å². The highest BCUT2D eigenvalue weighted by Crippen LogP contribution is 2.17. The van der Waals surface area contributed by atoms with E-state index in [1.54, 1.807) is 0 Å². The molecule has 0 rings (SSSR count). The van der Waals surface area contributed by atoms with Crippen molar-refractivity contribution >= 4 is 17.9 Å². The Labute approximate surface area is 489 Å². The van der Waals surface area contributed by atoms with E-state index in [-0.39, 0.29) is 31.1 Å². The van der Waals surface area contributed by atoms with Gasteiger partial charge in [-0.15, -0.1) is 0 Å². The molecule has 0 aliphatic rings. The van der Waals surface area contributed by atoms with Gasteiger partial charge in [-0.1, -0.05) is 323 Å². The smallest absolute Gasteiger partial charge is 0.306 e. The molecule has 6 nitrogen and oxygen atoms in total. The molecule has 0 aromatic carbocycles. The summed E-state index contributed by atoms with van der Waals surface area (Å²) < 4.78 is 16.9. The van der Waals surface area contributed by atoms with Crippen molar-refractivity contribution in [3.05, 3.63) is 97.2 Å². The third-order valence-corrected chi connectivity index (χ3v) is 14.6. The SMILES string of the molecule is CC/C=C\C/C=C\C/C=C\C/C=C\C/C=C\C/C=C\C/C=C\C/C=C\CCCCC(=O)OCC(COC(=O)CCCCCCCCCCCC)OC(=O)CCCCCCCCCCCCCCCCCCCCCCCCCC. The first-order chi connectivity index (χ1) is 39.0. The summed E-state index contributed by atoms with van der Waals surface area (Å²) in [7, 11) is 0. The lowest BCUT2D eigenvalue weighted by Gasteiger charge is -2.18. The lowest BCUT2D eigenvalue weighted by Crippen LogP contribution is -2.30. The molecule has 0 aromatic rings. The molecule has 1 unspecified atom stereocenters. The fourth-order valence-electron chi connectivity index (χ4n) is 9.58. The van der Waals surface area contributed by atoms with Crippen molar-refractivity contribution in [1.29, 1.82) is 0 Å². The number of carbonyl (C=O) groups is 3. The fourth-order valence-corrected chi connectivity index (χ4v) is 9.58. The van der Waals surface area contributed by atoms with Gasteiger partial charge in [0.25, 0.3) is 0 Å². The van der Waals surface area contributed by atoms with Gasteiger partial charge in [0.15, 0.2) is 6.10 Å². The summed E-state index contributed by atoms with van der Waals surface area (Å²) in [5, 5.41) is 0. The van der Waals surface area contributed by atoms with Crippen LogP contribution in [0.4, 0.5) is 0 Å². The van der Waals surface area contributed by atoms with Crippen LogP contribution in [0.25, 0.3) is 0 Å². The summed E-state index contributed by atoms with van der Waals surface area (Å²) in [6.45, 7) is 6.52. The molecule has 0 bridgehead atoms. The summed E-state index contributed by atoms with van der Waals surface area (Å²) in [6, 6.07) is 0. The van der Waals surface area contributed by atoms with E-state index in [4.69, 9.17) is 14.2 Å². The molecular weight excluding hydrogens is 973 g/mol. The van der Waals surface area contributed by atoms with Crippen LogP contribution in [-0.2, 0) is 28.6 Å². The number of allylic oxidation sites excluding steroid dienone is 16. The van der Waals surface area contributed by atoms with Crippen molar-refractivity contribution in [2.45, 2.75) is 335 Å². The van der Waals surface area contributed by atoms with Crippen LogP contribution in [-0.4, -0.2) is 37.2 Å². The van der Waals surface area contributed by atoms with E-state index in [9.17, 15) is 14.4 Å². The molecule has 0 aromatic heterocycles. The quantitative estimate of drug-likeness (QED) is 0.0261. The molecular formula is C73H126O6. The molecule has 0 saturated carbocycles. The normalized spacial score (nSPS) is 12.7. The number of hydrogen-bond acceptors (Lipinski definition) is 6. The Balaban J connectivity index is 4.30. The van der Waals surface area contributed by atoms with E-state index in [1.807, 2.05) is 0 Å². The van der Waals surface area contributed by atoms with Crippen LogP contribution in [0.1, 0.15) is 329 Å². The van der Waals surface area contributed by atoms with Crippen LogP contribution in [0.5, 0.6) is 0 Å². The van der Waals surface area contributed by atoms with Crippen LogP contribution >= 0.6 is 0 Å².